The number of hydrogen-bond acceptors (Lipinski definition) is 4. The van der Waals surface area contributed by atoms with Gasteiger partial charge in [-0.3, -0.25) is 9.78 Å². The highest BCUT2D eigenvalue weighted by Crippen LogP contribution is 2.31. The van der Waals surface area contributed by atoms with Gasteiger partial charge in [-0.05, 0) is 39.0 Å². The Morgan fingerprint density at radius 1 is 1.33 bits per heavy atom. The van der Waals surface area contributed by atoms with Crippen molar-refractivity contribution in [3.63, 3.8) is 0 Å². The van der Waals surface area contributed by atoms with Crippen LogP contribution in [0.3, 0.4) is 0 Å². The van der Waals surface area contributed by atoms with E-state index in [0.717, 1.165) is 17.0 Å². The van der Waals surface area contributed by atoms with Crippen LogP contribution >= 0.6 is 0 Å². The van der Waals surface area contributed by atoms with Crippen LogP contribution in [0.4, 0.5) is 23.7 Å². The van der Waals surface area contributed by atoms with Gasteiger partial charge in [-0.1, -0.05) is 0 Å². The second-order valence-electron chi connectivity index (χ2n) is 7.36. The van der Waals surface area contributed by atoms with E-state index in [0.29, 0.717) is 0 Å². The lowest BCUT2D eigenvalue weighted by atomic mass is 9.97. The van der Waals surface area contributed by atoms with Crippen LogP contribution in [0.15, 0.2) is 24.4 Å². The first kappa shape index (κ1) is 21.1. The molecule has 3 rings (SSSR count). The fourth-order valence-electron chi connectivity index (χ4n) is 3.12. The zero-order chi connectivity index (χ0) is 22.2. The maximum absolute atomic E-state index is 14.2. The molecule has 0 spiro atoms. The number of nitriles is 1. The molecule has 7 nitrogen and oxygen atoms in total. The molecule has 0 unspecified atom stereocenters. The Morgan fingerprint density at radius 2 is 2.03 bits per heavy atom. The number of halogens is 3. The number of carbonyl (C=O) groups excluding carboxylic acids is 2. The molecule has 1 atom stereocenters. The number of hydrogen-bond donors (Lipinski definition) is 2. The van der Waals surface area contributed by atoms with E-state index in [2.05, 4.69) is 15.6 Å². The molecule has 3 amide bonds. The summed E-state index contributed by atoms with van der Waals surface area (Å²) in [6.45, 7) is 4.02. The fraction of sp³-hybridized carbons (Fsp3) is 0.300. The first-order valence-corrected chi connectivity index (χ1v) is 8.98. The van der Waals surface area contributed by atoms with Gasteiger partial charge in [-0.2, -0.15) is 5.26 Å². The monoisotopic (exact) mass is 417 g/mol. The van der Waals surface area contributed by atoms with E-state index in [1.54, 1.807) is 6.07 Å². The Balaban J connectivity index is 1.82. The first-order chi connectivity index (χ1) is 14.1. The minimum absolute atomic E-state index is 0.0352. The van der Waals surface area contributed by atoms with Gasteiger partial charge in [0.25, 0.3) is 0 Å². The molecule has 2 aromatic rings. The second-order valence-corrected chi connectivity index (χ2v) is 7.36. The Bertz CT molecular complexity index is 1080. The number of fused-ring (bicyclic) bond motifs is 1. The van der Waals surface area contributed by atoms with E-state index >= 15 is 0 Å². The molecule has 2 N–H and O–H groups in total. The number of urea groups is 1. The van der Waals surface area contributed by atoms with Gasteiger partial charge in [0.2, 0.25) is 5.91 Å². The van der Waals surface area contributed by atoms with E-state index < -0.39 is 41.0 Å². The quantitative estimate of drug-likeness (QED) is 0.797. The number of anilines is 1. The van der Waals surface area contributed by atoms with Gasteiger partial charge in [0.1, 0.15) is 17.4 Å². The maximum Gasteiger partial charge on any atom is 0.323 e. The SMILES string of the molecule is C[C@H](NC(=O)C(C)(C)N1Cc2c(ccc(F)c2F)NC1=O)c1ncc(C#N)cc1F. The summed E-state index contributed by atoms with van der Waals surface area (Å²) in [5.41, 5.74) is -1.49. The van der Waals surface area contributed by atoms with E-state index in [9.17, 15) is 22.8 Å². The van der Waals surface area contributed by atoms with Crippen LogP contribution in [-0.4, -0.2) is 27.4 Å². The van der Waals surface area contributed by atoms with Gasteiger partial charge < -0.3 is 15.5 Å². The summed E-state index contributed by atoms with van der Waals surface area (Å²) >= 11 is 0. The van der Waals surface area contributed by atoms with Crippen LogP contribution in [0.25, 0.3) is 0 Å². The molecule has 156 valence electrons. The normalized spacial score (nSPS) is 14.4. The van der Waals surface area contributed by atoms with Crippen LogP contribution in [0.1, 0.15) is 43.6 Å². The minimum Gasteiger partial charge on any atom is -0.346 e. The van der Waals surface area contributed by atoms with Gasteiger partial charge in [0.05, 0.1) is 29.5 Å². The fourth-order valence-corrected chi connectivity index (χ4v) is 3.12. The number of aromatic nitrogens is 1. The van der Waals surface area contributed by atoms with Crippen LogP contribution in [-0.2, 0) is 11.3 Å². The third-order valence-electron chi connectivity index (χ3n) is 4.99. The minimum atomic E-state index is -1.49. The van der Waals surface area contributed by atoms with Crippen LogP contribution in [0, 0.1) is 28.8 Å². The van der Waals surface area contributed by atoms with Crippen molar-refractivity contribution in [1.82, 2.24) is 15.2 Å². The molecule has 0 aliphatic carbocycles. The molecule has 10 heteroatoms. The largest absolute Gasteiger partial charge is 0.346 e. The second kappa shape index (κ2) is 7.67. The van der Waals surface area contributed by atoms with Crippen molar-refractivity contribution in [2.45, 2.75) is 38.9 Å². The van der Waals surface area contributed by atoms with Gasteiger partial charge >= 0.3 is 6.03 Å². The summed E-state index contributed by atoms with van der Waals surface area (Å²) in [4.78, 5) is 30.3. The predicted octanol–water partition coefficient (Wildman–Crippen LogP) is 3.37. The van der Waals surface area contributed by atoms with Crippen LogP contribution in [0.2, 0.25) is 0 Å². The number of carbonyl (C=O) groups is 2. The summed E-state index contributed by atoms with van der Waals surface area (Å²) in [7, 11) is 0. The third kappa shape index (κ3) is 3.66. The number of pyridine rings is 1. The van der Waals surface area contributed by atoms with E-state index in [1.807, 2.05) is 0 Å². The third-order valence-corrected chi connectivity index (χ3v) is 4.99. The first-order valence-electron chi connectivity index (χ1n) is 8.98. The molecule has 0 fully saturated rings. The zero-order valence-corrected chi connectivity index (χ0v) is 16.4. The molecule has 1 aromatic heterocycles. The highest BCUT2D eigenvalue weighted by Gasteiger charge is 2.42. The molecular weight excluding hydrogens is 399 g/mol. The van der Waals surface area contributed by atoms with Crippen molar-refractivity contribution in [3.8, 4) is 6.07 Å². The van der Waals surface area contributed by atoms with Crippen molar-refractivity contribution in [2.75, 3.05) is 5.32 Å². The molecule has 0 radical (unpaired) electrons. The Labute approximate surface area is 170 Å². The summed E-state index contributed by atoms with van der Waals surface area (Å²) in [5, 5.41) is 13.8. The lowest BCUT2D eigenvalue weighted by Gasteiger charge is -2.40. The number of nitrogens with zero attached hydrogens (tertiary/aromatic N) is 3. The Morgan fingerprint density at radius 3 is 2.67 bits per heavy atom. The van der Waals surface area contributed by atoms with Crippen molar-refractivity contribution >= 4 is 17.6 Å². The molecule has 0 saturated carbocycles. The molecule has 0 saturated heterocycles. The number of rotatable bonds is 4. The van der Waals surface area contributed by atoms with Crippen molar-refractivity contribution in [1.29, 1.82) is 5.26 Å². The molecule has 1 aromatic carbocycles. The topological polar surface area (TPSA) is 98.1 Å². The van der Waals surface area contributed by atoms with Crippen molar-refractivity contribution in [3.05, 3.63) is 58.7 Å². The average molecular weight is 417 g/mol. The average Bonchev–Trinajstić information content (AvgIpc) is 2.70. The lowest BCUT2D eigenvalue weighted by Crippen LogP contribution is -2.59. The zero-order valence-electron chi connectivity index (χ0n) is 16.4. The molecule has 2 heterocycles. The van der Waals surface area contributed by atoms with E-state index in [-0.39, 0.29) is 29.1 Å². The van der Waals surface area contributed by atoms with Crippen molar-refractivity contribution in [2.24, 2.45) is 0 Å². The van der Waals surface area contributed by atoms with Gasteiger partial charge in [-0.15, -0.1) is 0 Å². The van der Waals surface area contributed by atoms with E-state index in [1.165, 1.54) is 33.0 Å². The Kier molecular flexibility index (Phi) is 5.39. The highest BCUT2D eigenvalue weighted by molar-refractivity contribution is 5.97. The highest BCUT2D eigenvalue weighted by atomic mass is 19.2. The molecule has 1 aliphatic rings. The number of amides is 3. The predicted molar refractivity (Wildman–Crippen MR) is 100 cm³/mol. The lowest BCUT2D eigenvalue weighted by molar-refractivity contribution is -0.131. The molecule has 30 heavy (non-hydrogen) atoms. The van der Waals surface area contributed by atoms with Crippen molar-refractivity contribution < 1.29 is 22.8 Å². The maximum atomic E-state index is 14.2. The molecular formula is C20H18F3N5O2. The summed E-state index contributed by atoms with van der Waals surface area (Å²) < 4.78 is 42.0. The summed E-state index contributed by atoms with van der Waals surface area (Å²) in [6, 6.07) is 3.38. The Hall–Kier alpha value is -3.61. The molecule has 1 aliphatic heterocycles. The van der Waals surface area contributed by atoms with Gasteiger partial charge in [0, 0.05) is 11.8 Å². The summed E-state index contributed by atoms with van der Waals surface area (Å²) in [6.07, 6.45) is 1.18. The van der Waals surface area contributed by atoms with Crippen LogP contribution in [0.5, 0.6) is 0 Å². The standard InChI is InChI=1S/C20H18F3N5O2/c1-10(17-14(22)6-11(7-24)8-25-17)26-18(29)20(2,3)28-9-12-15(27-19(28)30)5-4-13(21)16(12)23/h4-6,8,10H,9H2,1-3H3,(H,26,29)(H,27,30)/t10-/m0/s1. The molecule has 0 bridgehead atoms. The number of nitrogens with one attached hydrogen (secondary N) is 2. The van der Waals surface area contributed by atoms with Crippen LogP contribution < -0.4 is 10.6 Å². The summed E-state index contributed by atoms with van der Waals surface area (Å²) in [5.74, 6) is -3.59. The van der Waals surface area contributed by atoms with Gasteiger partial charge in [0.15, 0.2) is 11.6 Å². The smallest absolute Gasteiger partial charge is 0.323 e. The number of benzene rings is 1. The van der Waals surface area contributed by atoms with E-state index in [4.69, 9.17) is 5.26 Å². The van der Waals surface area contributed by atoms with Gasteiger partial charge in [-0.25, -0.2) is 18.0 Å².